The number of halogens is 4. The predicted octanol–water partition coefficient (Wildman–Crippen LogP) is 3.94. The van der Waals surface area contributed by atoms with Crippen molar-refractivity contribution in [1.29, 1.82) is 0 Å². The van der Waals surface area contributed by atoms with Gasteiger partial charge < -0.3 is 19.9 Å². The second-order valence-corrected chi connectivity index (χ2v) is 8.20. The van der Waals surface area contributed by atoms with Crippen LogP contribution < -0.4 is 19.5 Å². The van der Waals surface area contributed by atoms with Crippen molar-refractivity contribution >= 4 is 33.0 Å². The number of hydrogen-bond donors (Lipinski definition) is 3. The molecule has 1 heterocycles. The van der Waals surface area contributed by atoms with Crippen LogP contribution in [0.15, 0.2) is 41.3 Å². The lowest BCUT2D eigenvalue weighted by atomic mass is 10.1. The Labute approximate surface area is 169 Å². The number of alkyl halides is 3. The quantitative estimate of drug-likeness (QED) is 0.636. The molecule has 2 atom stereocenters. The molecular weight excluding hydrogens is 437 g/mol. The minimum atomic E-state index is -4.86. The van der Waals surface area contributed by atoms with Crippen LogP contribution in [0.4, 0.5) is 24.5 Å². The van der Waals surface area contributed by atoms with E-state index in [0.29, 0.717) is 6.42 Å². The molecule has 1 aliphatic rings. The smallest absolute Gasteiger partial charge is 0.482 e. The molecule has 7 nitrogen and oxygen atoms in total. The Kier molecular flexibility index (Phi) is 5.74. The highest BCUT2D eigenvalue weighted by Crippen LogP contribution is 2.40. The highest BCUT2D eigenvalue weighted by atomic mass is 35.5. The van der Waals surface area contributed by atoms with Crippen molar-refractivity contribution in [2.45, 2.75) is 36.9 Å². The third kappa shape index (κ3) is 4.98. The zero-order valence-corrected chi connectivity index (χ0v) is 16.4. The fourth-order valence-electron chi connectivity index (χ4n) is 2.71. The topological polar surface area (TPSA) is 96.9 Å². The number of aliphatic hydroxyl groups is 1. The van der Waals surface area contributed by atoms with E-state index < -0.39 is 34.5 Å². The summed E-state index contributed by atoms with van der Waals surface area (Å²) in [6, 6.07) is 6.77. The van der Waals surface area contributed by atoms with Crippen molar-refractivity contribution in [2.75, 3.05) is 10.0 Å². The second-order valence-electron chi connectivity index (χ2n) is 6.11. The second kappa shape index (κ2) is 7.81. The van der Waals surface area contributed by atoms with E-state index in [-0.39, 0.29) is 27.0 Å². The number of aliphatic hydroxyl groups excluding tert-OH is 1. The van der Waals surface area contributed by atoms with Crippen molar-refractivity contribution in [3.63, 3.8) is 0 Å². The molecule has 2 aromatic carbocycles. The summed E-state index contributed by atoms with van der Waals surface area (Å²) in [5, 5.41) is 12.8. The molecule has 0 spiro atoms. The average molecular weight is 453 g/mol. The molecule has 2 aromatic rings. The molecule has 3 N–H and O–H groups in total. The normalized spacial score (nSPS) is 19.0. The number of nitrogens with one attached hydrogen (secondary N) is 2. The summed E-state index contributed by atoms with van der Waals surface area (Å²) >= 11 is 6.00. The van der Waals surface area contributed by atoms with Gasteiger partial charge in [-0.1, -0.05) is 18.5 Å². The molecule has 12 heteroatoms. The SMILES string of the molecule is CCC1Oc2c(cc(Cl)cc2S(=O)(=O)Nc2ccc(OC(F)(F)F)cc2)NC1O. The van der Waals surface area contributed by atoms with E-state index in [4.69, 9.17) is 16.3 Å². The van der Waals surface area contributed by atoms with Crippen molar-refractivity contribution in [3.05, 3.63) is 41.4 Å². The van der Waals surface area contributed by atoms with Crippen LogP contribution in [0.3, 0.4) is 0 Å². The first-order valence-corrected chi connectivity index (χ1v) is 10.2. The van der Waals surface area contributed by atoms with Gasteiger partial charge in [0.2, 0.25) is 0 Å². The average Bonchev–Trinajstić information content (AvgIpc) is 2.60. The maximum Gasteiger partial charge on any atom is 0.573 e. The molecule has 3 rings (SSSR count). The number of anilines is 2. The van der Waals surface area contributed by atoms with Crippen LogP contribution in [0.2, 0.25) is 5.02 Å². The number of sulfonamides is 1. The monoisotopic (exact) mass is 452 g/mol. The predicted molar refractivity (Wildman–Crippen MR) is 99.7 cm³/mol. The van der Waals surface area contributed by atoms with Gasteiger partial charge >= 0.3 is 6.36 Å². The lowest BCUT2D eigenvalue weighted by Gasteiger charge is -2.32. The first-order valence-electron chi connectivity index (χ1n) is 8.32. The van der Waals surface area contributed by atoms with Crippen LogP contribution in [-0.2, 0) is 10.0 Å². The maximum absolute atomic E-state index is 12.9. The Morgan fingerprint density at radius 1 is 1.28 bits per heavy atom. The van der Waals surface area contributed by atoms with E-state index >= 15 is 0 Å². The minimum Gasteiger partial charge on any atom is -0.482 e. The van der Waals surface area contributed by atoms with Crippen molar-refractivity contribution in [2.24, 2.45) is 0 Å². The molecule has 158 valence electrons. The van der Waals surface area contributed by atoms with Gasteiger partial charge in [-0.05, 0) is 42.8 Å². The first kappa shape index (κ1) is 21.3. The molecule has 0 saturated heterocycles. The molecule has 1 aliphatic heterocycles. The van der Waals surface area contributed by atoms with E-state index in [2.05, 4.69) is 14.8 Å². The zero-order chi connectivity index (χ0) is 21.4. The summed E-state index contributed by atoms with van der Waals surface area (Å²) in [5.41, 5.74) is 0.202. The van der Waals surface area contributed by atoms with E-state index in [0.717, 1.165) is 24.3 Å². The Morgan fingerprint density at radius 3 is 2.52 bits per heavy atom. The highest BCUT2D eigenvalue weighted by molar-refractivity contribution is 7.92. The highest BCUT2D eigenvalue weighted by Gasteiger charge is 2.33. The van der Waals surface area contributed by atoms with Gasteiger partial charge in [-0.3, -0.25) is 4.72 Å². The van der Waals surface area contributed by atoms with Crippen molar-refractivity contribution < 1.29 is 36.2 Å². The lowest BCUT2D eigenvalue weighted by molar-refractivity contribution is -0.274. The molecule has 29 heavy (non-hydrogen) atoms. The number of benzene rings is 2. The fraction of sp³-hybridized carbons (Fsp3) is 0.294. The van der Waals surface area contributed by atoms with Gasteiger partial charge in [0.15, 0.2) is 12.0 Å². The molecule has 0 fully saturated rings. The molecule has 0 bridgehead atoms. The third-order valence-corrected chi connectivity index (χ3v) is 5.58. The summed E-state index contributed by atoms with van der Waals surface area (Å²) in [4.78, 5) is -0.284. The molecule has 0 aromatic heterocycles. The molecule has 2 unspecified atom stereocenters. The minimum absolute atomic E-state index is 0.00379. The van der Waals surface area contributed by atoms with Gasteiger partial charge in [-0.15, -0.1) is 13.2 Å². The van der Waals surface area contributed by atoms with Gasteiger partial charge in [-0.25, -0.2) is 8.42 Å². The van der Waals surface area contributed by atoms with Gasteiger partial charge in [-0.2, -0.15) is 0 Å². The van der Waals surface area contributed by atoms with E-state index in [1.54, 1.807) is 6.92 Å². The molecule has 0 amide bonds. The van der Waals surface area contributed by atoms with Crippen molar-refractivity contribution in [1.82, 2.24) is 0 Å². The number of hydrogen-bond acceptors (Lipinski definition) is 6. The van der Waals surface area contributed by atoms with E-state index in [9.17, 15) is 26.7 Å². The number of fused-ring (bicyclic) bond motifs is 1. The summed E-state index contributed by atoms with van der Waals surface area (Å²) in [6.07, 6.45) is -6.18. The summed E-state index contributed by atoms with van der Waals surface area (Å²) < 4.78 is 74.1. The molecular formula is C17H16ClF3N2O5S. The van der Waals surface area contributed by atoms with E-state index in [1.807, 2.05) is 0 Å². The van der Waals surface area contributed by atoms with Gasteiger partial charge in [0.25, 0.3) is 10.0 Å². The van der Waals surface area contributed by atoms with Crippen LogP contribution in [0.1, 0.15) is 13.3 Å². The third-order valence-electron chi connectivity index (χ3n) is 3.98. The summed E-state index contributed by atoms with van der Waals surface area (Å²) in [6.45, 7) is 1.76. The zero-order valence-electron chi connectivity index (χ0n) is 14.8. The van der Waals surface area contributed by atoms with E-state index in [1.165, 1.54) is 12.1 Å². The van der Waals surface area contributed by atoms with Gasteiger partial charge in [0.1, 0.15) is 16.7 Å². The summed E-state index contributed by atoms with van der Waals surface area (Å²) in [7, 11) is -4.22. The van der Waals surface area contributed by atoms with Crippen LogP contribution >= 0.6 is 11.6 Å². The van der Waals surface area contributed by atoms with Crippen LogP contribution in [0, 0.1) is 0 Å². The Morgan fingerprint density at radius 2 is 1.93 bits per heavy atom. The van der Waals surface area contributed by atoms with Crippen LogP contribution in [0.25, 0.3) is 0 Å². The molecule has 0 radical (unpaired) electrons. The Balaban J connectivity index is 1.90. The van der Waals surface area contributed by atoms with Crippen LogP contribution in [-0.4, -0.2) is 32.2 Å². The van der Waals surface area contributed by atoms with Gasteiger partial charge in [0, 0.05) is 10.7 Å². The maximum atomic E-state index is 12.9. The first-order chi connectivity index (χ1) is 13.5. The largest absolute Gasteiger partial charge is 0.573 e. The number of rotatable bonds is 5. The fourth-order valence-corrected chi connectivity index (χ4v) is 4.23. The Hall–Kier alpha value is -2.37. The van der Waals surface area contributed by atoms with Crippen LogP contribution in [0.5, 0.6) is 11.5 Å². The van der Waals surface area contributed by atoms with Crippen molar-refractivity contribution in [3.8, 4) is 11.5 Å². The van der Waals surface area contributed by atoms with Gasteiger partial charge in [0.05, 0.1) is 5.69 Å². The summed E-state index contributed by atoms with van der Waals surface area (Å²) in [5.74, 6) is -0.510. The Bertz CT molecular complexity index is 999. The lowest BCUT2D eigenvalue weighted by Crippen LogP contribution is -2.41. The molecule has 0 saturated carbocycles. The number of ether oxygens (including phenoxy) is 2. The standard InChI is InChI=1S/C17H16ClF3N2O5S/c1-2-13-16(24)22-12-7-9(18)8-14(15(12)27-13)29(25,26)23-10-3-5-11(6-4-10)28-17(19,20)21/h3-8,13,16,22-24H,2H2,1H3. The molecule has 0 aliphatic carbocycles.